The van der Waals surface area contributed by atoms with Crippen LogP contribution in [0.1, 0.15) is 12.0 Å². The molecule has 0 spiro atoms. The van der Waals surface area contributed by atoms with Gasteiger partial charge in [0.05, 0.1) is 5.69 Å². The first-order valence-electron chi connectivity index (χ1n) is 4.38. The van der Waals surface area contributed by atoms with Crippen molar-refractivity contribution < 1.29 is 0 Å². The highest BCUT2D eigenvalue weighted by atomic mass is 15.6. The molecule has 1 aliphatic rings. The predicted molar refractivity (Wildman–Crippen MR) is 51.2 cm³/mol. The molecule has 0 unspecified atom stereocenters. The van der Waals surface area contributed by atoms with Gasteiger partial charge in [-0.2, -0.15) is 0 Å². The summed E-state index contributed by atoms with van der Waals surface area (Å²) in [6.45, 7) is 0.901. The largest absolute Gasteiger partial charge is 0.303 e. The number of para-hydroxylation sites is 1. The standard InChI is InChI=1S/C9H12N4/c10-11-12-13-7-3-5-8-4-1-2-6-9(8)13/h1-2,4,6H,3,5,7H2,(H2,10,12). The van der Waals surface area contributed by atoms with Crippen LogP contribution in [0.2, 0.25) is 0 Å². The Morgan fingerprint density at radius 2 is 2.15 bits per heavy atom. The van der Waals surface area contributed by atoms with Crippen molar-refractivity contribution in [1.29, 1.82) is 0 Å². The molecule has 0 amide bonds. The highest BCUT2D eigenvalue weighted by molar-refractivity contribution is 5.54. The molecule has 1 aromatic rings. The molecule has 2 N–H and O–H groups in total. The lowest BCUT2D eigenvalue weighted by Crippen LogP contribution is -2.23. The quantitative estimate of drug-likeness (QED) is 0.402. The van der Waals surface area contributed by atoms with Gasteiger partial charge in [-0.3, -0.25) is 0 Å². The lowest BCUT2D eigenvalue weighted by Gasteiger charge is -2.24. The molecule has 0 saturated carbocycles. The highest BCUT2D eigenvalue weighted by Gasteiger charge is 2.15. The minimum absolute atomic E-state index is 0.901. The first-order chi connectivity index (χ1) is 6.42. The Balaban J connectivity index is 2.36. The van der Waals surface area contributed by atoms with E-state index in [4.69, 9.17) is 5.84 Å². The van der Waals surface area contributed by atoms with Crippen molar-refractivity contribution in [3.63, 3.8) is 0 Å². The van der Waals surface area contributed by atoms with Crippen LogP contribution in [0.25, 0.3) is 0 Å². The summed E-state index contributed by atoms with van der Waals surface area (Å²) in [5.41, 5.74) is 2.45. The van der Waals surface area contributed by atoms with Crippen molar-refractivity contribution in [3.05, 3.63) is 29.8 Å². The van der Waals surface area contributed by atoms with Crippen molar-refractivity contribution in [3.8, 4) is 0 Å². The Hall–Kier alpha value is -1.58. The Labute approximate surface area is 77.0 Å². The predicted octanol–water partition coefficient (Wildman–Crippen LogP) is 1.68. The first-order valence-corrected chi connectivity index (χ1v) is 4.38. The summed E-state index contributed by atoms with van der Waals surface area (Å²) in [6.07, 6.45) is 2.22. The molecule has 0 aromatic heterocycles. The van der Waals surface area contributed by atoms with Crippen LogP contribution < -0.4 is 10.9 Å². The third-order valence-corrected chi connectivity index (χ3v) is 2.25. The molecule has 1 aromatic carbocycles. The molecular formula is C9H12N4. The van der Waals surface area contributed by atoms with Crippen molar-refractivity contribution in [2.45, 2.75) is 12.8 Å². The molecule has 1 aliphatic heterocycles. The maximum atomic E-state index is 5.03. The monoisotopic (exact) mass is 176 g/mol. The van der Waals surface area contributed by atoms with E-state index in [1.54, 1.807) is 0 Å². The second kappa shape index (κ2) is 3.43. The van der Waals surface area contributed by atoms with Crippen LogP contribution >= 0.6 is 0 Å². The molecule has 13 heavy (non-hydrogen) atoms. The number of benzene rings is 1. The third kappa shape index (κ3) is 1.47. The van der Waals surface area contributed by atoms with E-state index in [9.17, 15) is 0 Å². The highest BCUT2D eigenvalue weighted by Crippen LogP contribution is 2.26. The second-order valence-electron chi connectivity index (χ2n) is 3.06. The zero-order valence-electron chi connectivity index (χ0n) is 7.35. The fourth-order valence-corrected chi connectivity index (χ4v) is 1.67. The van der Waals surface area contributed by atoms with E-state index in [2.05, 4.69) is 16.5 Å². The Kier molecular flexibility index (Phi) is 2.12. The van der Waals surface area contributed by atoms with Crippen molar-refractivity contribution in [1.82, 2.24) is 0 Å². The number of nitrogens with two attached hydrogens (primary N) is 1. The van der Waals surface area contributed by atoms with Crippen molar-refractivity contribution in [2.75, 3.05) is 11.6 Å². The molecule has 0 radical (unpaired) electrons. The van der Waals surface area contributed by atoms with Crippen LogP contribution in [0.15, 0.2) is 34.7 Å². The zero-order valence-corrected chi connectivity index (χ0v) is 7.35. The van der Waals surface area contributed by atoms with Gasteiger partial charge in [-0.05, 0) is 29.7 Å². The molecule has 4 nitrogen and oxygen atoms in total. The maximum Gasteiger partial charge on any atom is 0.0643 e. The normalized spacial score (nSPS) is 16.2. The van der Waals surface area contributed by atoms with E-state index in [1.807, 2.05) is 23.2 Å². The van der Waals surface area contributed by atoms with E-state index < -0.39 is 0 Å². The van der Waals surface area contributed by atoms with Gasteiger partial charge in [-0.15, -0.1) is 0 Å². The number of aryl methyl sites for hydroxylation is 1. The van der Waals surface area contributed by atoms with Crippen LogP contribution in [0.4, 0.5) is 5.69 Å². The van der Waals surface area contributed by atoms with E-state index in [0.29, 0.717) is 0 Å². The average molecular weight is 176 g/mol. The number of hydrogen-bond acceptors (Lipinski definition) is 2. The fourth-order valence-electron chi connectivity index (χ4n) is 1.67. The minimum atomic E-state index is 0.901. The van der Waals surface area contributed by atoms with Gasteiger partial charge in [0, 0.05) is 6.54 Å². The smallest absolute Gasteiger partial charge is 0.0643 e. The Morgan fingerprint density at radius 1 is 1.31 bits per heavy atom. The topological polar surface area (TPSA) is 54.0 Å². The summed E-state index contributed by atoms with van der Waals surface area (Å²) in [5, 5.41) is 9.02. The van der Waals surface area contributed by atoms with E-state index in [1.165, 1.54) is 5.56 Å². The minimum Gasteiger partial charge on any atom is -0.303 e. The number of hydrogen-bond donors (Lipinski definition) is 1. The van der Waals surface area contributed by atoms with Crippen molar-refractivity contribution >= 4 is 5.69 Å². The maximum absolute atomic E-state index is 5.03. The van der Waals surface area contributed by atoms with Crippen LogP contribution in [-0.4, -0.2) is 6.54 Å². The van der Waals surface area contributed by atoms with Crippen LogP contribution in [0, 0.1) is 0 Å². The van der Waals surface area contributed by atoms with Gasteiger partial charge in [0.1, 0.15) is 0 Å². The summed E-state index contributed by atoms with van der Waals surface area (Å²) < 4.78 is 0. The number of rotatable bonds is 1. The number of fused-ring (bicyclic) bond motifs is 1. The molecule has 68 valence electrons. The van der Waals surface area contributed by atoms with Gasteiger partial charge >= 0.3 is 0 Å². The molecule has 2 rings (SSSR count). The van der Waals surface area contributed by atoms with Gasteiger partial charge in [0.25, 0.3) is 0 Å². The van der Waals surface area contributed by atoms with Crippen molar-refractivity contribution in [2.24, 2.45) is 16.3 Å². The van der Waals surface area contributed by atoms with Gasteiger partial charge in [0.15, 0.2) is 0 Å². The summed E-state index contributed by atoms with van der Waals surface area (Å²) in [4.78, 5) is 0. The molecule has 0 aliphatic carbocycles. The number of anilines is 1. The summed E-state index contributed by atoms with van der Waals surface area (Å²) in [6, 6.07) is 8.21. The van der Waals surface area contributed by atoms with Crippen LogP contribution in [0.3, 0.4) is 0 Å². The van der Waals surface area contributed by atoms with Gasteiger partial charge < -0.3 is 5.84 Å². The molecular weight excluding hydrogens is 164 g/mol. The Bertz CT molecular complexity index is 321. The first kappa shape index (κ1) is 8.04. The second-order valence-corrected chi connectivity index (χ2v) is 3.06. The SMILES string of the molecule is NN=NN1CCCc2ccccc21. The van der Waals surface area contributed by atoms with Gasteiger partial charge in [0.2, 0.25) is 0 Å². The third-order valence-electron chi connectivity index (χ3n) is 2.25. The van der Waals surface area contributed by atoms with E-state index >= 15 is 0 Å². The van der Waals surface area contributed by atoms with Gasteiger partial charge in [-0.1, -0.05) is 23.4 Å². The molecule has 0 bridgehead atoms. The number of nitrogens with zero attached hydrogens (tertiary/aromatic N) is 3. The Morgan fingerprint density at radius 3 is 3.00 bits per heavy atom. The molecule has 0 fully saturated rings. The van der Waals surface area contributed by atoms with E-state index in [-0.39, 0.29) is 0 Å². The fraction of sp³-hybridized carbons (Fsp3) is 0.333. The molecule has 1 heterocycles. The van der Waals surface area contributed by atoms with Gasteiger partial charge in [-0.25, -0.2) is 5.01 Å². The zero-order chi connectivity index (χ0) is 9.10. The molecule has 0 atom stereocenters. The lowest BCUT2D eigenvalue weighted by molar-refractivity contribution is 0.683. The molecule has 4 heteroatoms. The average Bonchev–Trinajstić information content (AvgIpc) is 2.19. The lowest BCUT2D eigenvalue weighted by atomic mass is 10.0. The van der Waals surface area contributed by atoms with Crippen LogP contribution in [-0.2, 0) is 6.42 Å². The summed E-state index contributed by atoms with van der Waals surface area (Å²) in [5.74, 6) is 5.03. The summed E-state index contributed by atoms with van der Waals surface area (Å²) in [7, 11) is 0. The molecule has 0 saturated heterocycles. The van der Waals surface area contributed by atoms with Crippen LogP contribution in [0.5, 0.6) is 0 Å². The summed E-state index contributed by atoms with van der Waals surface area (Å²) >= 11 is 0. The van der Waals surface area contributed by atoms with E-state index in [0.717, 1.165) is 25.1 Å².